The molecule has 0 unspecified atom stereocenters. The molecule has 0 heterocycles. The summed E-state index contributed by atoms with van der Waals surface area (Å²) in [6.45, 7) is 0.871. The van der Waals surface area contributed by atoms with E-state index in [4.69, 9.17) is 16.3 Å². The van der Waals surface area contributed by atoms with E-state index < -0.39 is 36.2 Å². The van der Waals surface area contributed by atoms with E-state index in [1.54, 1.807) is 30.3 Å². The van der Waals surface area contributed by atoms with Crippen LogP contribution >= 0.6 is 11.6 Å². The summed E-state index contributed by atoms with van der Waals surface area (Å²) in [6, 6.07) is 10.9. The van der Waals surface area contributed by atoms with Crippen LogP contribution in [0.5, 0.6) is 0 Å². The van der Waals surface area contributed by atoms with Crippen molar-refractivity contribution in [3.05, 3.63) is 64.9 Å². The van der Waals surface area contributed by atoms with Crippen molar-refractivity contribution in [2.75, 3.05) is 11.9 Å². The second-order valence-electron chi connectivity index (χ2n) is 5.34. The molecule has 2 rings (SSSR count). The molecule has 2 amide bonds. The number of rotatable bonds is 6. The molecule has 136 valence electrons. The Kier molecular flexibility index (Phi) is 6.68. The van der Waals surface area contributed by atoms with Crippen molar-refractivity contribution in [1.29, 1.82) is 0 Å². The molecule has 2 aromatic rings. The first-order valence-corrected chi connectivity index (χ1v) is 8.02. The van der Waals surface area contributed by atoms with E-state index in [0.29, 0.717) is 5.56 Å². The van der Waals surface area contributed by atoms with E-state index in [-0.39, 0.29) is 10.7 Å². The van der Waals surface area contributed by atoms with Gasteiger partial charge in [-0.15, -0.1) is 0 Å². The highest BCUT2D eigenvalue weighted by Gasteiger charge is 2.19. The molecule has 0 aliphatic rings. The topological polar surface area (TPSA) is 84.5 Å². The lowest BCUT2D eigenvalue weighted by Crippen LogP contribution is -2.40. The molecular formula is C18H16ClFN2O4. The maximum Gasteiger partial charge on any atom is 0.328 e. The summed E-state index contributed by atoms with van der Waals surface area (Å²) in [4.78, 5) is 35.6. The Hall–Kier alpha value is -2.93. The molecule has 0 bridgehead atoms. The van der Waals surface area contributed by atoms with Crippen LogP contribution in [-0.2, 0) is 14.3 Å². The average molecular weight is 379 g/mol. The first-order valence-electron chi connectivity index (χ1n) is 7.64. The van der Waals surface area contributed by atoms with Crippen LogP contribution in [-0.4, -0.2) is 30.4 Å². The Balaban J connectivity index is 1.81. The van der Waals surface area contributed by atoms with E-state index >= 15 is 0 Å². The van der Waals surface area contributed by atoms with Crippen molar-refractivity contribution in [2.24, 2.45) is 0 Å². The summed E-state index contributed by atoms with van der Waals surface area (Å²) in [5.41, 5.74) is 0.593. The zero-order valence-corrected chi connectivity index (χ0v) is 14.5. The van der Waals surface area contributed by atoms with Crippen molar-refractivity contribution in [2.45, 2.75) is 13.0 Å². The number of hydrogen-bond donors (Lipinski definition) is 2. The van der Waals surface area contributed by atoms with Crippen LogP contribution in [0.2, 0.25) is 5.02 Å². The average Bonchev–Trinajstić information content (AvgIpc) is 2.62. The Bertz CT molecular complexity index is 814. The Morgan fingerprint density at radius 1 is 1.15 bits per heavy atom. The van der Waals surface area contributed by atoms with Gasteiger partial charge in [0, 0.05) is 5.56 Å². The molecule has 0 aliphatic carbocycles. The van der Waals surface area contributed by atoms with Gasteiger partial charge in [0.25, 0.3) is 11.8 Å². The quantitative estimate of drug-likeness (QED) is 0.757. The van der Waals surface area contributed by atoms with Crippen molar-refractivity contribution in [1.82, 2.24) is 5.32 Å². The number of benzene rings is 2. The second-order valence-corrected chi connectivity index (χ2v) is 5.75. The van der Waals surface area contributed by atoms with E-state index in [2.05, 4.69) is 10.6 Å². The van der Waals surface area contributed by atoms with Gasteiger partial charge in [0.05, 0.1) is 10.7 Å². The fraction of sp³-hybridized carbons (Fsp3) is 0.167. The summed E-state index contributed by atoms with van der Waals surface area (Å²) in [6.07, 6.45) is 0. The molecule has 1 atom stereocenters. The number of anilines is 1. The van der Waals surface area contributed by atoms with Crippen LogP contribution in [0.1, 0.15) is 17.3 Å². The number of hydrogen-bond acceptors (Lipinski definition) is 4. The number of carbonyl (C=O) groups is 3. The zero-order valence-electron chi connectivity index (χ0n) is 13.8. The fourth-order valence-electron chi connectivity index (χ4n) is 1.97. The van der Waals surface area contributed by atoms with Crippen LogP contribution < -0.4 is 10.6 Å². The van der Waals surface area contributed by atoms with Gasteiger partial charge >= 0.3 is 5.97 Å². The zero-order chi connectivity index (χ0) is 19.1. The van der Waals surface area contributed by atoms with Gasteiger partial charge < -0.3 is 15.4 Å². The predicted octanol–water partition coefficient (Wildman–Crippen LogP) is 2.78. The second kappa shape index (κ2) is 8.96. The van der Waals surface area contributed by atoms with Crippen molar-refractivity contribution < 1.29 is 23.5 Å². The van der Waals surface area contributed by atoms with Crippen molar-refractivity contribution >= 4 is 35.1 Å². The minimum atomic E-state index is -0.940. The van der Waals surface area contributed by atoms with Gasteiger partial charge in [0.2, 0.25) is 0 Å². The third kappa shape index (κ3) is 5.56. The molecule has 6 nitrogen and oxygen atoms in total. The van der Waals surface area contributed by atoms with Gasteiger partial charge in [-0.2, -0.15) is 0 Å². The predicted molar refractivity (Wildman–Crippen MR) is 94.4 cm³/mol. The number of carbonyl (C=O) groups excluding carboxylic acids is 3. The van der Waals surface area contributed by atoms with Crippen LogP contribution in [0, 0.1) is 5.82 Å². The normalized spacial score (nSPS) is 11.3. The summed E-state index contributed by atoms with van der Waals surface area (Å²) >= 11 is 5.79. The van der Waals surface area contributed by atoms with Gasteiger partial charge in [-0.1, -0.05) is 29.8 Å². The monoisotopic (exact) mass is 378 g/mol. The van der Waals surface area contributed by atoms with Gasteiger partial charge in [-0.05, 0) is 37.3 Å². The molecule has 8 heteroatoms. The Labute approximate surface area is 154 Å². The molecule has 0 saturated carbocycles. The van der Waals surface area contributed by atoms with Gasteiger partial charge in [0.15, 0.2) is 6.61 Å². The molecule has 2 N–H and O–H groups in total. The molecule has 2 aromatic carbocycles. The van der Waals surface area contributed by atoms with E-state index in [0.717, 1.165) is 12.1 Å². The maximum absolute atomic E-state index is 13.0. The van der Waals surface area contributed by atoms with E-state index in [1.807, 2.05) is 0 Å². The van der Waals surface area contributed by atoms with Crippen LogP contribution in [0.3, 0.4) is 0 Å². The minimum absolute atomic E-state index is 0.0215. The highest BCUT2D eigenvalue weighted by atomic mass is 35.5. The van der Waals surface area contributed by atoms with Gasteiger partial charge in [0.1, 0.15) is 11.9 Å². The Morgan fingerprint density at radius 3 is 2.50 bits per heavy atom. The number of nitrogens with one attached hydrogen (secondary N) is 2. The summed E-state index contributed by atoms with van der Waals surface area (Å²) < 4.78 is 17.8. The van der Waals surface area contributed by atoms with Gasteiger partial charge in [-0.3, -0.25) is 9.59 Å². The first-order chi connectivity index (χ1) is 12.4. The van der Waals surface area contributed by atoms with E-state index in [1.165, 1.54) is 13.0 Å². The van der Waals surface area contributed by atoms with Gasteiger partial charge in [-0.25, -0.2) is 9.18 Å². The van der Waals surface area contributed by atoms with Crippen molar-refractivity contribution in [3.8, 4) is 0 Å². The molecule has 0 fully saturated rings. The number of esters is 1. The lowest BCUT2D eigenvalue weighted by Gasteiger charge is -2.13. The van der Waals surface area contributed by atoms with Crippen molar-refractivity contribution in [3.63, 3.8) is 0 Å². The van der Waals surface area contributed by atoms with E-state index in [9.17, 15) is 18.8 Å². The highest BCUT2D eigenvalue weighted by molar-refractivity contribution is 6.33. The first kappa shape index (κ1) is 19.4. The summed E-state index contributed by atoms with van der Waals surface area (Å²) in [5, 5.41) is 4.89. The standard InChI is InChI=1S/C18H16ClFN2O4/c1-11(21-17(24)12-5-3-2-4-6-12)18(25)26-10-16(23)22-15-8-7-13(20)9-14(15)19/h2-9,11H,10H2,1H3,(H,21,24)(H,22,23)/t11-/m0/s1. The molecule has 0 spiro atoms. The SMILES string of the molecule is C[C@H](NC(=O)c1ccccc1)C(=O)OCC(=O)Nc1ccc(F)cc1Cl. The smallest absolute Gasteiger partial charge is 0.328 e. The van der Waals surface area contributed by atoms with Crippen LogP contribution in [0.25, 0.3) is 0 Å². The highest BCUT2D eigenvalue weighted by Crippen LogP contribution is 2.22. The minimum Gasteiger partial charge on any atom is -0.454 e. The number of amides is 2. The lowest BCUT2D eigenvalue weighted by molar-refractivity contribution is -0.148. The fourth-order valence-corrected chi connectivity index (χ4v) is 2.18. The Morgan fingerprint density at radius 2 is 1.85 bits per heavy atom. The molecule has 26 heavy (non-hydrogen) atoms. The maximum atomic E-state index is 13.0. The van der Waals surface area contributed by atoms with Crippen LogP contribution in [0.15, 0.2) is 48.5 Å². The largest absolute Gasteiger partial charge is 0.454 e. The summed E-state index contributed by atoms with van der Waals surface area (Å²) in [7, 11) is 0. The molecule has 0 aromatic heterocycles. The third-order valence-electron chi connectivity index (χ3n) is 3.29. The number of halogens is 2. The third-order valence-corrected chi connectivity index (χ3v) is 3.60. The molecule has 0 aliphatic heterocycles. The summed E-state index contributed by atoms with van der Waals surface area (Å²) in [5.74, 6) is -2.39. The molecule has 0 saturated heterocycles. The van der Waals surface area contributed by atoms with Crippen LogP contribution in [0.4, 0.5) is 10.1 Å². The molecular weight excluding hydrogens is 363 g/mol. The number of ether oxygens (including phenoxy) is 1. The lowest BCUT2D eigenvalue weighted by atomic mass is 10.2. The molecule has 0 radical (unpaired) electrons.